The average Bonchev–Trinajstić information content (AvgIpc) is 2.97. The van der Waals surface area contributed by atoms with Crippen LogP contribution in [0.4, 0.5) is 11.4 Å². The molecule has 2 aromatic rings. The summed E-state index contributed by atoms with van der Waals surface area (Å²) in [6.07, 6.45) is 3.93. The lowest BCUT2D eigenvalue weighted by Gasteiger charge is -2.36. The third kappa shape index (κ3) is 6.13. The van der Waals surface area contributed by atoms with Gasteiger partial charge in [-0.1, -0.05) is 44.9 Å². The lowest BCUT2D eigenvalue weighted by Crippen LogP contribution is -2.37. The van der Waals surface area contributed by atoms with E-state index in [0.29, 0.717) is 18.0 Å². The molecule has 7 nitrogen and oxygen atoms in total. The van der Waals surface area contributed by atoms with Gasteiger partial charge in [-0.3, -0.25) is 0 Å². The Hall–Kier alpha value is -2.23. The topological polar surface area (TPSA) is 93.1 Å². The van der Waals surface area contributed by atoms with E-state index in [4.69, 9.17) is 4.74 Å². The van der Waals surface area contributed by atoms with Crippen LogP contribution >= 0.6 is 11.8 Å². The number of methoxy groups -OCH3 is 1. The van der Waals surface area contributed by atoms with E-state index < -0.39 is 27.3 Å². The molecule has 35 heavy (non-hydrogen) atoms. The Kier molecular flexibility index (Phi) is 9.12. The summed E-state index contributed by atoms with van der Waals surface area (Å²) in [4.78, 5) is 14.6. The number of nitrogens with zero attached hydrogens (tertiary/aromatic N) is 1. The van der Waals surface area contributed by atoms with Crippen LogP contribution in [-0.4, -0.2) is 57.9 Å². The molecule has 0 aromatic heterocycles. The standard InChI is InChI=1S/C26H35NO6S2/c1-5-7-13-26(6-2)17-27(19-11-9-8-10-12-19)20-14-23(34-4)22(15-24(20)35(30,31)18-26)33-16-21(28)25(29)32-3/h8-12,14-15,21,28H,5-7,13,16-18H2,1-4H3/t21-,26+/m1/s1. The molecule has 2 atom stereocenters. The van der Waals surface area contributed by atoms with E-state index in [0.717, 1.165) is 36.3 Å². The third-order valence-electron chi connectivity index (χ3n) is 6.61. The third-order valence-corrected chi connectivity index (χ3v) is 9.36. The minimum absolute atomic E-state index is 0.0513. The maximum atomic E-state index is 13.8. The molecular weight excluding hydrogens is 486 g/mol. The van der Waals surface area contributed by atoms with Crippen molar-refractivity contribution in [3.05, 3.63) is 42.5 Å². The number of hydrogen-bond acceptors (Lipinski definition) is 8. The lowest BCUT2D eigenvalue weighted by molar-refractivity contribution is -0.151. The fourth-order valence-electron chi connectivity index (χ4n) is 4.51. The predicted octanol–water partition coefficient (Wildman–Crippen LogP) is 4.83. The van der Waals surface area contributed by atoms with E-state index in [2.05, 4.69) is 23.5 Å². The van der Waals surface area contributed by atoms with Crippen LogP contribution < -0.4 is 9.64 Å². The second-order valence-electron chi connectivity index (χ2n) is 8.96. The van der Waals surface area contributed by atoms with E-state index in [1.165, 1.54) is 18.9 Å². The second kappa shape index (κ2) is 11.7. The Morgan fingerprint density at radius 3 is 2.54 bits per heavy atom. The van der Waals surface area contributed by atoms with Gasteiger partial charge in [-0.2, -0.15) is 0 Å². The Bertz CT molecular complexity index is 1120. The molecule has 0 spiro atoms. The van der Waals surface area contributed by atoms with Gasteiger partial charge in [0, 0.05) is 23.7 Å². The van der Waals surface area contributed by atoms with Crippen molar-refractivity contribution in [3.63, 3.8) is 0 Å². The average molecular weight is 522 g/mol. The number of esters is 1. The highest BCUT2D eigenvalue weighted by molar-refractivity contribution is 7.98. The molecule has 0 saturated heterocycles. The minimum Gasteiger partial charge on any atom is -0.489 e. The molecule has 1 heterocycles. The number of ether oxygens (including phenoxy) is 2. The van der Waals surface area contributed by atoms with Crippen LogP contribution in [0.15, 0.2) is 52.3 Å². The van der Waals surface area contributed by atoms with Gasteiger partial charge in [-0.05, 0) is 37.3 Å². The molecule has 0 bridgehead atoms. The number of thioether (sulfide) groups is 1. The largest absolute Gasteiger partial charge is 0.489 e. The first kappa shape index (κ1) is 27.4. The van der Waals surface area contributed by atoms with E-state index in [9.17, 15) is 18.3 Å². The summed E-state index contributed by atoms with van der Waals surface area (Å²) in [5.41, 5.74) is 1.15. The number of rotatable bonds is 10. The number of benzene rings is 2. The molecule has 3 rings (SSSR count). The zero-order chi connectivity index (χ0) is 25.6. The maximum absolute atomic E-state index is 13.8. The van der Waals surface area contributed by atoms with Crippen LogP contribution in [0.1, 0.15) is 39.5 Å². The molecular formula is C26H35NO6S2. The fourth-order valence-corrected chi connectivity index (χ4v) is 7.24. The summed E-state index contributed by atoms with van der Waals surface area (Å²) in [6.45, 7) is 4.45. The van der Waals surface area contributed by atoms with Crippen molar-refractivity contribution in [1.29, 1.82) is 0 Å². The van der Waals surface area contributed by atoms with E-state index in [1.54, 1.807) is 6.07 Å². The quantitative estimate of drug-likeness (QED) is 0.351. The molecule has 1 N–H and O–H groups in total. The summed E-state index contributed by atoms with van der Waals surface area (Å²) in [7, 11) is -2.48. The Balaban J connectivity index is 2.16. The summed E-state index contributed by atoms with van der Waals surface area (Å²) < 4.78 is 38.0. The highest BCUT2D eigenvalue weighted by Crippen LogP contribution is 2.47. The number of aliphatic hydroxyl groups is 1. The van der Waals surface area contributed by atoms with Gasteiger partial charge in [0.25, 0.3) is 0 Å². The van der Waals surface area contributed by atoms with Gasteiger partial charge in [0.1, 0.15) is 12.4 Å². The van der Waals surface area contributed by atoms with E-state index in [1.807, 2.05) is 42.7 Å². The van der Waals surface area contributed by atoms with Crippen molar-refractivity contribution in [3.8, 4) is 5.75 Å². The zero-order valence-corrected chi connectivity index (χ0v) is 22.5. The first-order chi connectivity index (χ1) is 16.7. The van der Waals surface area contributed by atoms with Gasteiger partial charge in [0.05, 0.1) is 28.3 Å². The van der Waals surface area contributed by atoms with Gasteiger partial charge in [0.15, 0.2) is 15.9 Å². The SMILES string of the molecule is CCCC[C@@]1(CC)CN(c2ccccc2)c2cc(SC)c(OC[C@@H](O)C(=O)OC)cc2S(=O)(=O)C1. The normalized spacial score (nSPS) is 20.0. The predicted molar refractivity (Wildman–Crippen MR) is 139 cm³/mol. The molecule has 1 aliphatic rings. The number of fused-ring (bicyclic) bond motifs is 1. The number of para-hydroxylation sites is 1. The van der Waals surface area contributed by atoms with E-state index in [-0.39, 0.29) is 17.3 Å². The Morgan fingerprint density at radius 2 is 1.94 bits per heavy atom. The summed E-state index contributed by atoms with van der Waals surface area (Å²) in [5, 5.41) is 9.97. The number of aliphatic hydroxyl groups excluding tert-OH is 1. The molecule has 9 heteroatoms. The van der Waals surface area contributed by atoms with Crippen molar-refractivity contribution in [2.45, 2.75) is 55.4 Å². The van der Waals surface area contributed by atoms with Crippen molar-refractivity contribution < 1.29 is 27.8 Å². The second-order valence-corrected chi connectivity index (χ2v) is 11.8. The van der Waals surface area contributed by atoms with Crippen molar-refractivity contribution in [1.82, 2.24) is 0 Å². The Morgan fingerprint density at radius 1 is 1.23 bits per heavy atom. The molecule has 0 fully saturated rings. The molecule has 0 aliphatic carbocycles. The number of carbonyl (C=O) groups is 1. The molecule has 2 aromatic carbocycles. The molecule has 192 valence electrons. The monoisotopic (exact) mass is 521 g/mol. The van der Waals surface area contributed by atoms with Crippen LogP contribution in [0.3, 0.4) is 0 Å². The van der Waals surface area contributed by atoms with Crippen molar-refractivity contribution in [2.24, 2.45) is 5.41 Å². The van der Waals surface area contributed by atoms with Crippen LogP contribution in [0, 0.1) is 5.41 Å². The zero-order valence-electron chi connectivity index (χ0n) is 20.8. The van der Waals surface area contributed by atoms with Crippen LogP contribution in [-0.2, 0) is 19.4 Å². The van der Waals surface area contributed by atoms with Crippen LogP contribution in [0.25, 0.3) is 0 Å². The van der Waals surface area contributed by atoms with Gasteiger partial charge >= 0.3 is 5.97 Å². The first-order valence-electron chi connectivity index (χ1n) is 11.9. The smallest absolute Gasteiger partial charge is 0.338 e. The fraction of sp³-hybridized carbons (Fsp3) is 0.500. The minimum atomic E-state index is -3.66. The van der Waals surface area contributed by atoms with Gasteiger partial charge in [-0.15, -0.1) is 11.8 Å². The van der Waals surface area contributed by atoms with Gasteiger partial charge in [-0.25, -0.2) is 13.2 Å². The van der Waals surface area contributed by atoms with Crippen LogP contribution in [0.2, 0.25) is 0 Å². The van der Waals surface area contributed by atoms with Gasteiger partial charge in [0.2, 0.25) is 0 Å². The number of anilines is 2. The summed E-state index contributed by atoms with van der Waals surface area (Å²) in [6, 6.07) is 13.2. The molecule has 0 radical (unpaired) electrons. The highest BCUT2D eigenvalue weighted by Gasteiger charge is 2.42. The highest BCUT2D eigenvalue weighted by atomic mass is 32.2. The Labute approximate surface area is 212 Å². The number of unbranched alkanes of at least 4 members (excludes halogenated alkanes) is 1. The molecule has 0 amide bonds. The molecule has 1 aliphatic heterocycles. The molecule has 0 unspecified atom stereocenters. The van der Waals surface area contributed by atoms with E-state index >= 15 is 0 Å². The first-order valence-corrected chi connectivity index (χ1v) is 14.7. The summed E-state index contributed by atoms with van der Waals surface area (Å²) >= 11 is 1.41. The number of hydrogen-bond donors (Lipinski definition) is 1. The number of carbonyl (C=O) groups excluding carboxylic acids is 1. The maximum Gasteiger partial charge on any atom is 0.338 e. The van der Waals surface area contributed by atoms with Crippen LogP contribution in [0.5, 0.6) is 5.75 Å². The lowest BCUT2D eigenvalue weighted by atomic mass is 9.81. The summed E-state index contributed by atoms with van der Waals surface area (Å²) in [5.74, 6) is -0.444. The number of sulfone groups is 1. The van der Waals surface area contributed by atoms with Crippen molar-refractivity contribution >= 4 is 38.9 Å². The van der Waals surface area contributed by atoms with Gasteiger partial charge < -0.3 is 19.5 Å². The molecule has 0 saturated carbocycles. The van der Waals surface area contributed by atoms with Crippen molar-refractivity contribution in [2.75, 3.05) is 37.2 Å².